The van der Waals surface area contributed by atoms with Crippen LogP contribution in [0.1, 0.15) is 36.0 Å². The summed E-state index contributed by atoms with van der Waals surface area (Å²) in [6, 6.07) is 6.33. The van der Waals surface area contributed by atoms with Gasteiger partial charge in [-0.15, -0.1) is 0 Å². The molecule has 1 aliphatic rings. The summed E-state index contributed by atoms with van der Waals surface area (Å²) in [6.07, 6.45) is 4.16. The van der Waals surface area contributed by atoms with Crippen LogP contribution >= 0.6 is 0 Å². The van der Waals surface area contributed by atoms with Crippen LogP contribution in [0.2, 0.25) is 0 Å². The molecule has 1 amide bonds. The highest BCUT2D eigenvalue weighted by atomic mass is 16.2. The van der Waals surface area contributed by atoms with Gasteiger partial charge in [0, 0.05) is 13.1 Å². The summed E-state index contributed by atoms with van der Waals surface area (Å²) < 4.78 is 0. The fourth-order valence-corrected chi connectivity index (χ4v) is 2.46. The monoisotopic (exact) mass is 231 g/mol. The fourth-order valence-electron chi connectivity index (χ4n) is 2.46. The van der Waals surface area contributed by atoms with Crippen molar-refractivity contribution in [2.45, 2.75) is 39.5 Å². The van der Waals surface area contributed by atoms with Gasteiger partial charge in [-0.2, -0.15) is 0 Å². The number of carbonyl (C=O) groups excluding carboxylic acids is 1. The van der Waals surface area contributed by atoms with Crippen LogP contribution in [0.15, 0.2) is 18.2 Å². The van der Waals surface area contributed by atoms with E-state index in [4.69, 9.17) is 0 Å². The third kappa shape index (κ3) is 3.09. The lowest BCUT2D eigenvalue weighted by molar-refractivity contribution is -0.131. The highest BCUT2D eigenvalue weighted by Crippen LogP contribution is 2.14. The van der Waals surface area contributed by atoms with E-state index in [-0.39, 0.29) is 5.91 Å². The SMILES string of the molecule is Cc1ccc(CC(=O)N2CCCCC2)c(C)c1. The molecule has 0 aromatic heterocycles. The molecule has 0 bridgehead atoms. The normalized spacial score (nSPS) is 16.0. The molecule has 2 nitrogen and oxygen atoms in total. The molecule has 0 spiro atoms. The second-order valence-electron chi connectivity index (χ2n) is 5.05. The molecule has 1 aromatic rings. The van der Waals surface area contributed by atoms with Crippen molar-refractivity contribution < 1.29 is 4.79 Å². The quantitative estimate of drug-likeness (QED) is 0.766. The lowest BCUT2D eigenvalue weighted by Gasteiger charge is -2.27. The molecule has 1 saturated heterocycles. The second kappa shape index (κ2) is 5.35. The van der Waals surface area contributed by atoms with Gasteiger partial charge in [0.05, 0.1) is 6.42 Å². The molecule has 0 aliphatic carbocycles. The molecule has 1 heterocycles. The maximum Gasteiger partial charge on any atom is 0.226 e. The van der Waals surface area contributed by atoms with Gasteiger partial charge >= 0.3 is 0 Å². The number of benzene rings is 1. The van der Waals surface area contributed by atoms with E-state index >= 15 is 0 Å². The topological polar surface area (TPSA) is 20.3 Å². The molecular weight excluding hydrogens is 210 g/mol. The van der Waals surface area contributed by atoms with Crippen LogP contribution in [0.5, 0.6) is 0 Å². The van der Waals surface area contributed by atoms with Gasteiger partial charge in [-0.3, -0.25) is 4.79 Å². The lowest BCUT2D eigenvalue weighted by atomic mass is 10.0. The minimum Gasteiger partial charge on any atom is -0.342 e. The Morgan fingerprint density at radius 3 is 2.53 bits per heavy atom. The van der Waals surface area contributed by atoms with Gasteiger partial charge in [0.25, 0.3) is 0 Å². The maximum absolute atomic E-state index is 12.1. The first-order valence-electron chi connectivity index (χ1n) is 6.51. The number of piperidine rings is 1. The average Bonchev–Trinajstić information content (AvgIpc) is 2.34. The minimum absolute atomic E-state index is 0.289. The third-order valence-electron chi connectivity index (χ3n) is 3.55. The van der Waals surface area contributed by atoms with Crippen LogP contribution in [0.3, 0.4) is 0 Å². The molecule has 0 N–H and O–H groups in total. The van der Waals surface area contributed by atoms with E-state index in [0.717, 1.165) is 13.1 Å². The van der Waals surface area contributed by atoms with Crippen molar-refractivity contribution in [2.75, 3.05) is 13.1 Å². The van der Waals surface area contributed by atoms with Crippen molar-refractivity contribution >= 4 is 5.91 Å². The zero-order chi connectivity index (χ0) is 12.3. The van der Waals surface area contributed by atoms with Crippen LogP contribution in [-0.4, -0.2) is 23.9 Å². The Hall–Kier alpha value is -1.31. The van der Waals surface area contributed by atoms with Crippen LogP contribution in [0.25, 0.3) is 0 Å². The predicted octanol–water partition coefficient (Wildman–Crippen LogP) is 2.86. The van der Waals surface area contributed by atoms with Crippen LogP contribution in [0.4, 0.5) is 0 Å². The first kappa shape index (κ1) is 12.2. The highest BCUT2D eigenvalue weighted by Gasteiger charge is 2.17. The van der Waals surface area contributed by atoms with E-state index in [1.165, 1.54) is 36.0 Å². The van der Waals surface area contributed by atoms with Crippen molar-refractivity contribution in [2.24, 2.45) is 0 Å². The third-order valence-corrected chi connectivity index (χ3v) is 3.55. The van der Waals surface area contributed by atoms with Gasteiger partial charge in [-0.25, -0.2) is 0 Å². The summed E-state index contributed by atoms with van der Waals surface area (Å²) in [5, 5.41) is 0. The zero-order valence-electron chi connectivity index (χ0n) is 10.8. The molecule has 0 radical (unpaired) electrons. The number of hydrogen-bond acceptors (Lipinski definition) is 1. The Morgan fingerprint density at radius 2 is 1.88 bits per heavy atom. The standard InChI is InChI=1S/C15H21NO/c1-12-6-7-14(13(2)10-12)11-15(17)16-8-4-3-5-9-16/h6-7,10H,3-5,8-9,11H2,1-2H3. The summed E-state index contributed by atoms with van der Waals surface area (Å²) >= 11 is 0. The van der Waals surface area contributed by atoms with E-state index in [2.05, 4.69) is 32.0 Å². The van der Waals surface area contributed by atoms with Gasteiger partial charge in [-0.1, -0.05) is 23.8 Å². The summed E-state index contributed by atoms with van der Waals surface area (Å²) in [7, 11) is 0. The molecule has 1 fully saturated rings. The molecule has 1 aliphatic heterocycles. The average molecular weight is 231 g/mol. The van der Waals surface area contributed by atoms with Crippen molar-refractivity contribution in [1.82, 2.24) is 4.90 Å². The van der Waals surface area contributed by atoms with Crippen LogP contribution in [0, 0.1) is 13.8 Å². The van der Waals surface area contributed by atoms with Gasteiger partial charge in [-0.05, 0) is 44.2 Å². The zero-order valence-corrected chi connectivity index (χ0v) is 10.8. The molecular formula is C15H21NO. The Kier molecular flexibility index (Phi) is 3.82. The Balaban J connectivity index is 2.02. The first-order valence-corrected chi connectivity index (χ1v) is 6.51. The van der Waals surface area contributed by atoms with E-state index < -0.39 is 0 Å². The van der Waals surface area contributed by atoms with Crippen molar-refractivity contribution in [3.8, 4) is 0 Å². The number of amides is 1. The van der Waals surface area contributed by atoms with Crippen LogP contribution in [-0.2, 0) is 11.2 Å². The summed E-state index contributed by atoms with van der Waals surface area (Å²) in [6.45, 7) is 6.07. The Labute approximate surface area is 104 Å². The largest absolute Gasteiger partial charge is 0.342 e. The highest BCUT2D eigenvalue weighted by molar-refractivity contribution is 5.79. The lowest BCUT2D eigenvalue weighted by Crippen LogP contribution is -2.36. The number of rotatable bonds is 2. The maximum atomic E-state index is 12.1. The molecule has 1 aromatic carbocycles. The molecule has 92 valence electrons. The molecule has 0 unspecified atom stereocenters. The summed E-state index contributed by atoms with van der Waals surface area (Å²) in [5.74, 6) is 0.289. The molecule has 0 atom stereocenters. The van der Waals surface area contributed by atoms with Gasteiger partial charge < -0.3 is 4.90 Å². The van der Waals surface area contributed by atoms with Gasteiger partial charge in [0.15, 0.2) is 0 Å². The number of nitrogens with zero attached hydrogens (tertiary/aromatic N) is 1. The first-order chi connectivity index (χ1) is 8.16. The van der Waals surface area contributed by atoms with E-state index in [1.54, 1.807) is 0 Å². The van der Waals surface area contributed by atoms with Crippen molar-refractivity contribution in [3.05, 3.63) is 34.9 Å². The summed E-state index contributed by atoms with van der Waals surface area (Å²) in [5.41, 5.74) is 3.67. The van der Waals surface area contributed by atoms with Crippen LogP contribution < -0.4 is 0 Å². The Bertz CT molecular complexity index is 405. The van der Waals surface area contributed by atoms with E-state index in [9.17, 15) is 4.79 Å². The molecule has 0 saturated carbocycles. The van der Waals surface area contributed by atoms with Crippen molar-refractivity contribution in [3.63, 3.8) is 0 Å². The minimum atomic E-state index is 0.289. The summed E-state index contributed by atoms with van der Waals surface area (Å²) in [4.78, 5) is 14.1. The molecule has 2 heteroatoms. The fraction of sp³-hybridized carbons (Fsp3) is 0.533. The molecule has 2 rings (SSSR count). The smallest absolute Gasteiger partial charge is 0.226 e. The number of aryl methyl sites for hydroxylation is 2. The van der Waals surface area contributed by atoms with E-state index in [0.29, 0.717) is 6.42 Å². The van der Waals surface area contributed by atoms with Gasteiger partial charge in [0.1, 0.15) is 0 Å². The Morgan fingerprint density at radius 1 is 1.18 bits per heavy atom. The predicted molar refractivity (Wildman–Crippen MR) is 70.1 cm³/mol. The second-order valence-corrected chi connectivity index (χ2v) is 5.05. The van der Waals surface area contributed by atoms with Gasteiger partial charge in [0.2, 0.25) is 5.91 Å². The van der Waals surface area contributed by atoms with Crippen molar-refractivity contribution in [1.29, 1.82) is 0 Å². The number of likely N-dealkylation sites (tertiary alicyclic amines) is 1. The molecule has 17 heavy (non-hydrogen) atoms. The number of hydrogen-bond donors (Lipinski definition) is 0. The van der Waals surface area contributed by atoms with E-state index in [1.807, 2.05) is 4.90 Å². The number of carbonyl (C=O) groups is 1.